The number of hydrogen-bond donors (Lipinski definition) is 1. The molecule has 32 heavy (non-hydrogen) atoms. The Morgan fingerprint density at radius 2 is 2.09 bits per heavy atom. The highest BCUT2D eigenvalue weighted by Crippen LogP contribution is 2.25. The molecule has 2 aromatic carbocycles. The van der Waals surface area contributed by atoms with Gasteiger partial charge < -0.3 is 19.7 Å². The summed E-state index contributed by atoms with van der Waals surface area (Å²) < 4.78 is 12.5. The number of ether oxygens (including phenoxy) is 1. The van der Waals surface area contributed by atoms with E-state index in [1.807, 2.05) is 60.2 Å². The number of hydrogen-bond acceptors (Lipinski definition) is 8. The number of nitrogens with zero attached hydrogens (tertiary/aromatic N) is 6. The summed E-state index contributed by atoms with van der Waals surface area (Å²) in [5.74, 6) is 7.40. The molecule has 0 atom stereocenters. The summed E-state index contributed by atoms with van der Waals surface area (Å²) >= 11 is 0. The van der Waals surface area contributed by atoms with Crippen LogP contribution in [0.25, 0.3) is 17.1 Å². The summed E-state index contributed by atoms with van der Waals surface area (Å²) in [4.78, 5) is 13.0. The van der Waals surface area contributed by atoms with Crippen molar-refractivity contribution < 1.29 is 9.26 Å². The monoisotopic (exact) mass is 429 g/mol. The first-order valence-electron chi connectivity index (χ1n) is 9.94. The molecule has 2 heterocycles. The standard InChI is InChI=1S/C23H23N7O2/c1-15-13-30(14-26-15)21-8-7-18(10-22(21)31-3)20(28-24)12-25-11-17-5-4-6-19(9-17)23-27-16(2)32-29-23/h4-10,12-14H,11,24H2,1-3H3/b25-12?,28-20+. The molecule has 0 bridgehead atoms. The van der Waals surface area contributed by atoms with E-state index in [1.165, 1.54) is 0 Å². The number of methoxy groups -OCH3 is 1. The van der Waals surface area contributed by atoms with Gasteiger partial charge in [-0.2, -0.15) is 10.1 Å². The predicted molar refractivity (Wildman–Crippen MR) is 122 cm³/mol. The average Bonchev–Trinajstić information content (AvgIpc) is 3.45. The molecule has 4 aromatic rings. The fraction of sp³-hybridized carbons (Fsp3) is 0.174. The molecule has 9 nitrogen and oxygen atoms in total. The maximum Gasteiger partial charge on any atom is 0.223 e. The Bertz CT molecular complexity index is 1290. The second-order valence-electron chi connectivity index (χ2n) is 7.13. The van der Waals surface area contributed by atoms with Crippen LogP contribution in [0.2, 0.25) is 0 Å². The van der Waals surface area contributed by atoms with Crippen molar-refractivity contribution in [3.8, 4) is 22.8 Å². The van der Waals surface area contributed by atoms with Gasteiger partial charge in [-0.05, 0) is 30.7 Å². The molecular weight excluding hydrogens is 406 g/mol. The molecule has 0 fully saturated rings. The van der Waals surface area contributed by atoms with E-state index in [9.17, 15) is 0 Å². The number of hydrazone groups is 1. The van der Waals surface area contributed by atoms with Gasteiger partial charge in [0.2, 0.25) is 11.7 Å². The summed E-state index contributed by atoms with van der Waals surface area (Å²) in [5, 5.41) is 7.86. The van der Waals surface area contributed by atoms with Gasteiger partial charge >= 0.3 is 0 Å². The number of nitrogens with two attached hydrogens (primary N) is 1. The summed E-state index contributed by atoms with van der Waals surface area (Å²) in [7, 11) is 1.62. The highest BCUT2D eigenvalue weighted by Gasteiger charge is 2.10. The molecule has 2 aromatic heterocycles. The molecule has 9 heteroatoms. The van der Waals surface area contributed by atoms with E-state index in [4.69, 9.17) is 15.1 Å². The van der Waals surface area contributed by atoms with Gasteiger partial charge in [-0.1, -0.05) is 29.4 Å². The van der Waals surface area contributed by atoms with Crippen LogP contribution in [0, 0.1) is 13.8 Å². The molecule has 0 aliphatic rings. The van der Waals surface area contributed by atoms with E-state index in [1.54, 1.807) is 26.6 Å². The van der Waals surface area contributed by atoms with Gasteiger partial charge in [0.15, 0.2) is 0 Å². The van der Waals surface area contributed by atoms with E-state index in [0.717, 1.165) is 28.1 Å². The van der Waals surface area contributed by atoms with E-state index >= 15 is 0 Å². The SMILES string of the molecule is COc1cc(/C(C=NCc2cccc(-c3noc(C)n3)c2)=N/N)ccc1-n1cnc(C)c1. The molecule has 0 aliphatic carbocycles. The number of aryl methyl sites for hydroxylation is 2. The van der Waals surface area contributed by atoms with Crippen LogP contribution in [0.15, 0.2) is 69.6 Å². The van der Waals surface area contributed by atoms with Crippen molar-refractivity contribution in [1.82, 2.24) is 19.7 Å². The zero-order valence-electron chi connectivity index (χ0n) is 18.1. The Balaban J connectivity index is 1.51. The van der Waals surface area contributed by atoms with Crippen LogP contribution in [0.3, 0.4) is 0 Å². The maximum absolute atomic E-state index is 5.64. The summed E-state index contributed by atoms with van der Waals surface area (Å²) in [6.07, 6.45) is 5.33. The normalized spacial score (nSPS) is 11.9. The number of benzene rings is 2. The average molecular weight is 429 g/mol. The van der Waals surface area contributed by atoms with Crippen molar-refractivity contribution in [1.29, 1.82) is 0 Å². The van der Waals surface area contributed by atoms with Gasteiger partial charge in [0.25, 0.3) is 0 Å². The lowest BCUT2D eigenvalue weighted by molar-refractivity contribution is 0.394. The van der Waals surface area contributed by atoms with Crippen LogP contribution < -0.4 is 10.6 Å². The number of rotatable bonds is 7. The number of aliphatic imine (C=N–C) groups is 1. The molecule has 2 N–H and O–H groups in total. The van der Waals surface area contributed by atoms with E-state index in [2.05, 4.69) is 25.2 Å². The van der Waals surface area contributed by atoms with Crippen molar-refractivity contribution in [2.24, 2.45) is 15.9 Å². The summed E-state index contributed by atoms with van der Waals surface area (Å²) in [6.45, 7) is 4.15. The molecule has 0 radical (unpaired) electrons. The van der Waals surface area contributed by atoms with Gasteiger partial charge in [0, 0.05) is 30.5 Å². The largest absolute Gasteiger partial charge is 0.495 e. The lowest BCUT2D eigenvalue weighted by Gasteiger charge is -2.11. The van der Waals surface area contributed by atoms with Gasteiger partial charge in [0.1, 0.15) is 11.5 Å². The third-order valence-electron chi connectivity index (χ3n) is 4.80. The van der Waals surface area contributed by atoms with Crippen LogP contribution in [0.5, 0.6) is 5.75 Å². The lowest BCUT2D eigenvalue weighted by Crippen LogP contribution is -2.07. The van der Waals surface area contributed by atoms with Crippen LogP contribution in [0.1, 0.15) is 22.7 Å². The smallest absolute Gasteiger partial charge is 0.223 e. The highest BCUT2D eigenvalue weighted by molar-refractivity contribution is 6.38. The van der Waals surface area contributed by atoms with Gasteiger partial charge in [-0.15, -0.1) is 0 Å². The first-order chi connectivity index (χ1) is 15.6. The van der Waals surface area contributed by atoms with E-state index < -0.39 is 0 Å². The molecule has 0 spiro atoms. The zero-order valence-corrected chi connectivity index (χ0v) is 18.1. The molecule has 0 saturated carbocycles. The summed E-state index contributed by atoms with van der Waals surface area (Å²) in [6, 6.07) is 13.6. The number of aromatic nitrogens is 4. The molecular formula is C23H23N7O2. The Labute approximate surface area is 185 Å². The minimum Gasteiger partial charge on any atom is -0.495 e. The second kappa shape index (κ2) is 9.25. The molecule has 0 aliphatic heterocycles. The first kappa shape index (κ1) is 21.0. The third kappa shape index (κ3) is 4.56. The Hall–Kier alpha value is -4.27. The molecule has 0 amide bonds. The Morgan fingerprint density at radius 1 is 1.22 bits per heavy atom. The third-order valence-corrected chi connectivity index (χ3v) is 4.80. The maximum atomic E-state index is 5.64. The molecule has 4 rings (SSSR count). The van der Waals surface area contributed by atoms with E-state index in [-0.39, 0.29) is 0 Å². The second-order valence-corrected chi connectivity index (χ2v) is 7.13. The minimum atomic E-state index is 0.452. The quantitative estimate of drug-likeness (QED) is 0.273. The predicted octanol–water partition coefficient (Wildman–Crippen LogP) is 3.48. The van der Waals surface area contributed by atoms with E-state index in [0.29, 0.717) is 29.7 Å². The van der Waals surface area contributed by atoms with Gasteiger partial charge in [-0.3, -0.25) is 4.99 Å². The van der Waals surface area contributed by atoms with Gasteiger partial charge in [-0.25, -0.2) is 4.98 Å². The summed E-state index contributed by atoms with van der Waals surface area (Å²) in [5.41, 5.74) is 5.01. The Morgan fingerprint density at radius 3 is 2.78 bits per heavy atom. The number of imidazole rings is 1. The lowest BCUT2D eigenvalue weighted by atomic mass is 10.1. The van der Waals surface area contributed by atoms with Crippen molar-refractivity contribution in [3.05, 3.63) is 77.7 Å². The minimum absolute atomic E-state index is 0.452. The molecule has 0 unspecified atom stereocenters. The van der Waals surface area contributed by atoms with Crippen molar-refractivity contribution in [3.63, 3.8) is 0 Å². The highest BCUT2D eigenvalue weighted by atomic mass is 16.5. The molecule has 0 saturated heterocycles. The zero-order chi connectivity index (χ0) is 22.5. The van der Waals surface area contributed by atoms with Crippen molar-refractivity contribution in [2.75, 3.05) is 7.11 Å². The fourth-order valence-electron chi connectivity index (χ4n) is 3.25. The van der Waals surface area contributed by atoms with Crippen LogP contribution in [0.4, 0.5) is 0 Å². The first-order valence-corrected chi connectivity index (χ1v) is 9.94. The molecule has 162 valence electrons. The van der Waals surface area contributed by atoms with Crippen LogP contribution in [-0.2, 0) is 6.54 Å². The topological polar surface area (TPSA) is 117 Å². The van der Waals surface area contributed by atoms with Crippen LogP contribution in [-0.4, -0.2) is 38.7 Å². The fourth-order valence-corrected chi connectivity index (χ4v) is 3.25. The van der Waals surface area contributed by atoms with Crippen molar-refractivity contribution in [2.45, 2.75) is 20.4 Å². The Kier molecular flexibility index (Phi) is 6.07. The van der Waals surface area contributed by atoms with Crippen molar-refractivity contribution >= 4 is 11.9 Å². The van der Waals surface area contributed by atoms with Gasteiger partial charge in [0.05, 0.1) is 31.4 Å². The van der Waals surface area contributed by atoms with Crippen LogP contribution >= 0.6 is 0 Å².